The van der Waals surface area contributed by atoms with Crippen molar-refractivity contribution in [1.29, 1.82) is 0 Å². The van der Waals surface area contributed by atoms with Crippen molar-refractivity contribution < 1.29 is 9.13 Å². The fourth-order valence-corrected chi connectivity index (χ4v) is 2.31. The second-order valence-electron chi connectivity index (χ2n) is 5.08. The van der Waals surface area contributed by atoms with E-state index in [2.05, 4.69) is 10.2 Å². The molecule has 4 heteroatoms. The first-order chi connectivity index (χ1) is 9.25. The van der Waals surface area contributed by atoms with Gasteiger partial charge in [0.05, 0.1) is 13.2 Å². The lowest BCUT2D eigenvalue weighted by Crippen LogP contribution is -2.37. The van der Waals surface area contributed by atoms with Gasteiger partial charge in [0, 0.05) is 25.2 Å². The summed E-state index contributed by atoms with van der Waals surface area (Å²) in [6, 6.07) is 5.25. The molecule has 2 rings (SSSR count). The van der Waals surface area contributed by atoms with Gasteiger partial charge >= 0.3 is 0 Å². The summed E-state index contributed by atoms with van der Waals surface area (Å²) in [7, 11) is 0. The summed E-state index contributed by atoms with van der Waals surface area (Å²) in [6.45, 7) is 8.37. The van der Waals surface area contributed by atoms with E-state index in [1.54, 1.807) is 12.1 Å². The standard InChI is InChI=1S/C15H23FN2O/c1-13-3-4-15(16)14(11-13)12-17-5-2-6-18-7-9-19-10-8-18/h3-4,11,17H,2,5-10,12H2,1H3. The van der Waals surface area contributed by atoms with Gasteiger partial charge in [0.15, 0.2) is 0 Å². The van der Waals surface area contributed by atoms with Crippen LogP contribution in [-0.2, 0) is 11.3 Å². The zero-order valence-electron chi connectivity index (χ0n) is 11.6. The van der Waals surface area contributed by atoms with Crippen LogP contribution in [0.2, 0.25) is 0 Å². The molecular weight excluding hydrogens is 243 g/mol. The number of nitrogens with zero attached hydrogens (tertiary/aromatic N) is 1. The number of hydrogen-bond donors (Lipinski definition) is 1. The van der Waals surface area contributed by atoms with E-state index in [9.17, 15) is 4.39 Å². The Bertz CT molecular complexity index is 392. The third-order valence-electron chi connectivity index (χ3n) is 3.45. The van der Waals surface area contributed by atoms with Crippen molar-refractivity contribution >= 4 is 0 Å². The first-order valence-corrected chi connectivity index (χ1v) is 7.01. The minimum Gasteiger partial charge on any atom is -0.379 e. The molecule has 0 bridgehead atoms. The topological polar surface area (TPSA) is 24.5 Å². The van der Waals surface area contributed by atoms with Crippen molar-refractivity contribution in [3.05, 3.63) is 35.1 Å². The van der Waals surface area contributed by atoms with Gasteiger partial charge in [-0.2, -0.15) is 0 Å². The highest BCUT2D eigenvalue weighted by molar-refractivity contribution is 5.23. The molecule has 0 spiro atoms. The molecule has 0 radical (unpaired) electrons. The van der Waals surface area contributed by atoms with Crippen molar-refractivity contribution in [3.8, 4) is 0 Å². The molecule has 0 unspecified atom stereocenters. The van der Waals surface area contributed by atoms with Crippen LogP contribution in [0.4, 0.5) is 4.39 Å². The van der Waals surface area contributed by atoms with E-state index < -0.39 is 0 Å². The Hall–Kier alpha value is -0.970. The van der Waals surface area contributed by atoms with Gasteiger partial charge in [0.2, 0.25) is 0 Å². The number of ether oxygens (including phenoxy) is 1. The summed E-state index contributed by atoms with van der Waals surface area (Å²) in [4.78, 5) is 2.42. The molecule has 1 fully saturated rings. The maximum absolute atomic E-state index is 13.5. The molecule has 1 N–H and O–H groups in total. The second-order valence-corrected chi connectivity index (χ2v) is 5.08. The number of rotatable bonds is 6. The SMILES string of the molecule is Cc1ccc(F)c(CNCCCN2CCOCC2)c1. The van der Waals surface area contributed by atoms with Crippen LogP contribution in [0.1, 0.15) is 17.5 Å². The van der Waals surface area contributed by atoms with E-state index in [0.29, 0.717) is 6.54 Å². The van der Waals surface area contributed by atoms with Crippen LogP contribution in [0.5, 0.6) is 0 Å². The molecule has 1 heterocycles. The zero-order chi connectivity index (χ0) is 13.5. The molecule has 3 nitrogen and oxygen atoms in total. The van der Waals surface area contributed by atoms with Gasteiger partial charge in [-0.05, 0) is 32.5 Å². The normalized spacial score (nSPS) is 16.7. The molecule has 1 aromatic rings. The molecule has 1 aliphatic rings. The van der Waals surface area contributed by atoms with Gasteiger partial charge in [-0.3, -0.25) is 4.90 Å². The van der Waals surface area contributed by atoms with E-state index in [0.717, 1.165) is 56.9 Å². The summed E-state index contributed by atoms with van der Waals surface area (Å²) in [5.41, 5.74) is 1.86. The molecule has 0 aromatic heterocycles. The lowest BCUT2D eigenvalue weighted by Gasteiger charge is -2.26. The summed E-state index contributed by atoms with van der Waals surface area (Å²) in [5.74, 6) is -0.119. The van der Waals surface area contributed by atoms with Crippen LogP contribution in [0, 0.1) is 12.7 Å². The van der Waals surface area contributed by atoms with Gasteiger partial charge < -0.3 is 10.1 Å². The van der Waals surface area contributed by atoms with Crippen LogP contribution in [0.25, 0.3) is 0 Å². The molecule has 106 valence electrons. The highest BCUT2D eigenvalue weighted by atomic mass is 19.1. The fourth-order valence-electron chi connectivity index (χ4n) is 2.31. The number of nitrogens with one attached hydrogen (secondary N) is 1. The summed E-state index contributed by atoms with van der Waals surface area (Å²) in [5, 5.41) is 3.31. The lowest BCUT2D eigenvalue weighted by atomic mass is 10.1. The van der Waals surface area contributed by atoms with Crippen molar-refractivity contribution in [2.24, 2.45) is 0 Å². The highest BCUT2D eigenvalue weighted by Crippen LogP contribution is 2.09. The van der Waals surface area contributed by atoms with E-state index in [-0.39, 0.29) is 5.82 Å². The van der Waals surface area contributed by atoms with Crippen molar-refractivity contribution in [2.45, 2.75) is 19.9 Å². The van der Waals surface area contributed by atoms with E-state index in [4.69, 9.17) is 4.74 Å². The largest absolute Gasteiger partial charge is 0.379 e. The maximum atomic E-state index is 13.5. The van der Waals surface area contributed by atoms with E-state index in [1.807, 2.05) is 13.0 Å². The number of benzene rings is 1. The van der Waals surface area contributed by atoms with Crippen molar-refractivity contribution in [3.63, 3.8) is 0 Å². The van der Waals surface area contributed by atoms with E-state index >= 15 is 0 Å². The summed E-state index contributed by atoms with van der Waals surface area (Å²) < 4.78 is 18.8. The predicted molar refractivity (Wildman–Crippen MR) is 74.7 cm³/mol. The van der Waals surface area contributed by atoms with Crippen molar-refractivity contribution in [1.82, 2.24) is 10.2 Å². The summed E-state index contributed by atoms with van der Waals surface area (Å²) >= 11 is 0. The smallest absolute Gasteiger partial charge is 0.127 e. The minimum atomic E-state index is -0.119. The van der Waals surface area contributed by atoms with E-state index in [1.165, 1.54) is 0 Å². The molecule has 1 aliphatic heterocycles. The van der Waals surface area contributed by atoms with Gasteiger partial charge in [0.1, 0.15) is 5.82 Å². The average Bonchev–Trinajstić information content (AvgIpc) is 2.43. The Balaban J connectivity index is 1.62. The zero-order valence-corrected chi connectivity index (χ0v) is 11.6. The van der Waals surface area contributed by atoms with Crippen LogP contribution in [0.15, 0.2) is 18.2 Å². The minimum absolute atomic E-state index is 0.119. The Kier molecular flexibility index (Phi) is 5.76. The third kappa shape index (κ3) is 4.90. The molecule has 19 heavy (non-hydrogen) atoms. The Morgan fingerprint density at radius 1 is 1.32 bits per heavy atom. The lowest BCUT2D eigenvalue weighted by molar-refractivity contribution is 0.0374. The molecule has 1 saturated heterocycles. The number of aryl methyl sites for hydroxylation is 1. The van der Waals surface area contributed by atoms with Gasteiger partial charge in [-0.25, -0.2) is 4.39 Å². The Morgan fingerprint density at radius 3 is 2.89 bits per heavy atom. The molecular formula is C15H23FN2O. The van der Waals surface area contributed by atoms with Crippen molar-refractivity contribution in [2.75, 3.05) is 39.4 Å². The predicted octanol–water partition coefficient (Wildman–Crippen LogP) is 1.95. The summed E-state index contributed by atoms with van der Waals surface area (Å²) in [6.07, 6.45) is 1.09. The molecule has 0 amide bonds. The second kappa shape index (κ2) is 7.58. The quantitative estimate of drug-likeness (QED) is 0.797. The van der Waals surface area contributed by atoms with Gasteiger partial charge in [-0.15, -0.1) is 0 Å². The highest BCUT2D eigenvalue weighted by Gasteiger charge is 2.09. The van der Waals surface area contributed by atoms with Crippen LogP contribution in [0.3, 0.4) is 0 Å². The number of hydrogen-bond acceptors (Lipinski definition) is 3. The maximum Gasteiger partial charge on any atom is 0.127 e. The van der Waals surface area contributed by atoms with Crippen LogP contribution < -0.4 is 5.32 Å². The average molecular weight is 266 g/mol. The number of morpholine rings is 1. The molecule has 0 atom stereocenters. The monoisotopic (exact) mass is 266 g/mol. The Labute approximate surface area is 114 Å². The first-order valence-electron chi connectivity index (χ1n) is 7.01. The first kappa shape index (κ1) is 14.4. The van der Waals surface area contributed by atoms with Gasteiger partial charge in [0.25, 0.3) is 0 Å². The number of halogens is 1. The van der Waals surface area contributed by atoms with Crippen LogP contribution >= 0.6 is 0 Å². The third-order valence-corrected chi connectivity index (χ3v) is 3.45. The fraction of sp³-hybridized carbons (Fsp3) is 0.600. The molecule has 1 aromatic carbocycles. The molecule has 0 aliphatic carbocycles. The van der Waals surface area contributed by atoms with Crippen LogP contribution in [-0.4, -0.2) is 44.3 Å². The van der Waals surface area contributed by atoms with Gasteiger partial charge in [-0.1, -0.05) is 17.7 Å². The Morgan fingerprint density at radius 2 is 2.11 bits per heavy atom. The molecule has 0 saturated carbocycles.